The lowest BCUT2D eigenvalue weighted by atomic mass is 9.91. The molecule has 0 aliphatic carbocycles. The Hall–Kier alpha value is -3.61. The zero-order chi connectivity index (χ0) is 29.8. The second kappa shape index (κ2) is 9.79. The largest absolute Gasteiger partial charge is 0.458 e. The molecule has 0 N–H and O–H groups in total. The number of hydrogen-bond acceptors (Lipinski definition) is 3. The first-order valence-corrected chi connectivity index (χ1v) is 11.4. The van der Waals surface area contributed by atoms with Crippen LogP contribution in [0.3, 0.4) is 0 Å². The molecule has 0 unspecified atom stereocenters. The van der Waals surface area contributed by atoms with E-state index in [9.17, 15) is 48.7 Å². The molecule has 0 fully saturated rings. The summed E-state index contributed by atoms with van der Waals surface area (Å²) in [5.74, 6) is -12.8. The third kappa shape index (κ3) is 5.14. The van der Waals surface area contributed by atoms with Crippen LogP contribution in [0.2, 0.25) is 5.02 Å². The SMILES string of the molecule is Cc1cc(Cc2ccc(C(F)(F)C(F)(F)F)c(C(F)(F)C(F)(F)F)c2)ccc1N=C1OC(=O)c2c(Cl)cccc21. The summed E-state index contributed by atoms with van der Waals surface area (Å²) in [6.07, 6.45) is -13.3. The average molecular weight is 598 g/mol. The summed E-state index contributed by atoms with van der Waals surface area (Å²) in [5.41, 5.74) is -3.95. The minimum absolute atomic E-state index is 0.00933. The molecule has 40 heavy (non-hydrogen) atoms. The van der Waals surface area contributed by atoms with Crippen LogP contribution in [0.1, 0.15) is 43.7 Å². The van der Waals surface area contributed by atoms with Gasteiger partial charge in [0.05, 0.1) is 21.8 Å². The maximum atomic E-state index is 14.1. The molecule has 3 aromatic rings. The van der Waals surface area contributed by atoms with Crippen LogP contribution >= 0.6 is 11.6 Å². The van der Waals surface area contributed by atoms with E-state index in [0.29, 0.717) is 17.2 Å². The molecular weight excluding hydrogens is 584 g/mol. The van der Waals surface area contributed by atoms with Gasteiger partial charge in [0.1, 0.15) is 0 Å². The maximum Gasteiger partial charge on any atom is 0.458 e. The van der Waals surface area contributed by atoms with Crippen LogP contribution in [0.4, 0.5) is 49.6 Å². The molecule has 212 valence electrons. The molecule has 3 aromatic carbocycles. The summed E-state index contributed by atoms with van der Waals surface area (Å²) in [5, 5.41) is 0.147. The molecular formula is C26H14ClF10NO2. The number of halogens is 11. The Labute approximate surface area is 224 Å². The molecule has 0 aromatic heterocycles. The molecule has 0 bridgehead atoms. The first-order valence-electron chi connectivity index (χ1n) is 11.1. The van der Waals surface area contributed by atoms with Crippen LogP contribution in [0.5, 0.6) is 0 Å². The minimum atomic E-state index is -6.44. The number of esters is 1. The van der Waals surface area contributed by atoms with Crippen molar-refractivity contribution >= 4 is 29.2 Å². The smallest absolute Gasteiger partial charge is 0.403 e. The Morgan fingerprint density at radius 1 is 0.775 bits per heavy atom. The Morgan fingerprint density at radius 2 is 1.35 bits per heavy atom. The predicted octanol–water partition coefficient (Wildman–Crippen LogP) is 8.80. The predicted molar refractivity (Wildman–Crippen MR) is 123 cm³/mol. The van der Waals surface area contributed by atoms with Gasteiger partial charge in [-0.15, -0.1) is 0 Å². The van der Waals surface area contributed by atoms with Crippen LogP contribution in [0, 0.1) is 6.92 Å². The molecule has 0 atom stereocenters. The van der Waals surface area contributed by atoms with Gasteiger partial charge in [-0.1, -0.05) is 41.9 Å². The van der Waals surface area contributed by atoms with Crippen LogP contribution in [-0.2, 0) is 23.0 Å². The van der Waals surface area contributed by atoms with Gasteiger partial charge in [-0.25, -0.2) is 9.79 Å². The van der Waals surface area contributed by atoms with Crippen molar-refractivity contribution in [2.75, 3.05) is 0 Å². The fourth-order valence-corrected chi connectivity index (χ4v) is 4.28. The van der Waals surface area contributed by atoms with Gasteiger partial charge < -0.3 is 4.74 Å². The van der Waals surface area contributed by atoms with Crippen LogP contribution < -0.4 is 0 Å². The highest BCUT2D eigenvalue weighted by atomic mass is 35.5. The maximum absolute atomic E-state index is 14.1. The second-order valence-corrected chi connectivity index (χ2v) is 9.20. The number of carbonyl (C=O) groups is 1. The number of aliphatic imine (C=N–C) groups is 1. The molecule has 1 aliphatic rings. The Kier molecular flexibility index (Phi) is 7.19. The van der Waals surface area contributed by atoms with Gasteiger partial charge in [-0.05, 0) is 54.3 Å². The minimum Gasteiger partial charge on any atom is -0.403 e. The molecule has 0 saturated heterocycles. The molecule has 0 spiro atoms. The number of cyclic esters (lactones) is 1. The van der Waals surface area contributed by atoms with Crippen LogP contribution in [0.25, 0.3) is 0 Å². The normalized spacial score (nSPS) is 15.4. The quantitative estimate of drug-likeness (QED) is 0.218. The molecule has 0 amide bonds. The highest BCUT2D eigenvalue weighted by molar-refractivity contribution is 6.36. The Bertz CT molecular complexity index is 1530. The van der Waals surface area contributed by atoms with Crippen molar-refractivity contribution in [2.45, 2.75) is 37.5 Å². The summed E-state index contributed by atoms with van der Waals surface area (Å²) >= 11 is 6.02. The van der Waals surface area contributed by atoms with E-state index in [4.69, 9.17) is 16.3 Å². The number of alkyl halides is 10. The first-order chi connectivity index (χ1) is 18.3. The number of benzene rings is 3. The van der Waals surface area contributed by atoms with Crippen molar-refractivity contribution in [3.8, 4) is 0 Å². The fraction of sp³-hybridized carbons (Fsp3) is 0.231. The van der Waals surface area contributed by atoms with Crippen molar-refractivity contribution in [3.05, 3.63) is 98.6 Å². The van der Waals surface area contributed by atoms with E-state index in [0.717, 1.165) is 0 Å². The first kappa shape index (κ1) is 29.4. The third-order valence-corrected chi connectivity index (χ3v) is 6.32. The molecule has 1 aliphatic heterocycles. The van der Waals surface area contributed by atoms with Gasteiger partial charge in [0.2, 0.25) is 5.90 Å². The topological polar surface area (TPSA) is 38.7 Å². The van der Waals surface area contributed by atoms with Crippen molar-refractivity contribution in [1.82, 2.24) is 0 Å². The lowest BCUT2D eigenvalue weighted by Crippen LogP contribution is -2.40. The van der Waals surface area contributed by atoms with Gasteiger partial charge in [0.15, 0.2) is 0 Å². The van der Waals surface area contributed by atoms with Gasteiger partial charge in [-0.2, -0.15) is 43.9 Å². The molecule has 14 heteroatoms. The number of nitrogens with zero attached hydrogens (tertiary/aromatic N) is 1. The van der Waals surface area contributed by atoms with E-state index in [1.54, 1.807) is 19.1 Å². The average Bonchev–Trinajstić information content (AvgIpc) is 3.15. The molecule has 1 heterocycles. The third-order valence-electron chi connectivity index (χ3n) is 6.00. The number of fused-ring (bicyclic) bond motifs is 1. The zero-order valence-corrected chi connectivity index (χ0v) is 20.6. The summed E-state index contributed by atoms with van der Waals surface area (Å²) in [4.78, 5) is 16.4. The fourth-order valence-electron chi connectivity index (χ4n) is 4.03. The Balaban J connectivity index is 1.70. The number of ether oxygens (including phenoxy) is 1. The van der Waals surface area contributed by atoms with Gasteiger partial charge in [0.25, 0.3) is 0 Å². The monoisotopic (exact) mass is 597 g/mol. The van der Waals surface area contributed by atoms with E-state index < -0.39 is 47.7 Å². The lowest BCUT2D eigenvalue weighted by Gasteiger charge is -2.28. The summed E-state index contributed by atoms with van der Waals surface area (Å²) < 4.78 is 139. The van der Waals surface area contributed by atoms with Gasteiger partial charge >= 0.3 is 30.2 Å². The van der Waals surface area contributed by atoms with E-state index in [2.05, 4.69) is 4.99 Å². The summed E-state index contributed by atoms with van der Waals surface area (Å²) in [6, 6.07) is 9.36. The Morgan fingerprint density at radius 3 is 1.95 bits per heavy atom. The van der Waals surface area contributed by atoms with Crippen molar-refractivity contribution in [1.29, 1.82) is 0 Å². The van der Waals surface area contributed by atoms with Crippen molar-refractivity contribution in [2.24, 2.45) is 4.99 Å². The van der Waals surface area contributed by atoms with Crippen molar-refractivity contribution < 1.29 is 53.4 Å². The molecule has 3 nitrogen and oxygen atoms in total. The molecule has 0 saturated carbocycles. The van der Waals surface area contributed by atoms with Crippen LogP contribution in [0.15, 0.2) is 59.6 Å². The standard InChI is InChI=1S/C26H14ClF10NO2/c1-12-9-13(6-8-19(12)38-21-15-3-2-4-18(27)20(15)22(39)40-21)10-14-5-7-16(23(28,29)25(32,33)34)17(11-14)24(30,31)26(35,36)37/h2-9,11H,10H2,1H3. The highest BCUT2D eigenvalue weighted by Crippen LogP contribution is 2.52. The van der Waals surface area contributed by atoms with Gasteiger partial charge in [-0.3, -0.25) is 0 Å². The highest BCUT2D eigenvalue weighted by Gasteiger charge is 2.65. The van der Waals surface area contributed by atoms with Gasteiger partial charge in [0, 0.05) is 11.1 Å². The van der Waals surface area contributed by atoms with E-state index >= 15 is 0 Å². The van der Waals surface area contributed by atoms with Crippen LogP contribution in [-0.4, -0.2) is 24.2 Å². The van der Waals surface area contributed by atoms with Crippen molar-refractivity contribution in [3.63, 3.8) is 0 Å². The van der Waals surface area contributed by atoms with E-state index in [1.807, 2.05) is 0 Å². The van der Waals surface area contributed by atoms with E-state index in [1.165, 1.54) is 24.3 Å². The number of hydrogen-bond donors (Lipinski definition) is 0. The second-order valence-electron chi connectivity index (χ2n) is 8.79. The lowest BCUT2D eigenvalue weighted by molar-refractivity contribution is -0.301. The number of rotatable bonds is 5. The molecule has 0 radical (unpaired) electrons. The van der Waals surface area contributed by atoms with E-state index in [-0.39, 0.29) is 45.4 Å². The number of aryl methyl sites for hydroxylation is 1. The molecule has 4 rings (SSSR count). The summed E-state index contributed by atoms with van der Waals surface area (Å²) in [6.45, 7) is 1.55. The zero-order valence-electron chi connectivity index (χ0n) is 19.8. The number of carbonyl (C=O) groups excluding carboxylic acids is 1. The summed E-state index contributed by atoms with van der Waals surface area (Å²) in [7, 11) is 0.